The molecule has 0 bridgehead atoms. The van der Waals surface area contributed by atoms with Gasteiger partial charge in [-0.3, -0.25) is 4.79 Å². The molecule has 0 radical (unpaired) electrons. The van der Waals surface area contributed by atoms with Gasteiger partial charge in [-0.1, -0.05) is 24.3 Å². The van der Waals surface area contributed by atoms with Gasteiger partial charge < -0.3 is 19.4 Å². The lowest BCUT2D eigenvalue weighted by Gasteiger charge is -2.17. The molecule has 1 N–H and O–H groups in total. The largest absolute Gasteiger partial charge is 0.493 e. The van der Waals surface area contributed by atoms with Crippen LogP contribution in [-0.4, -0.2) is 29.2 Å². The first-order valence-electron chi connectivity index (χ1n) is 10.8. The van der Waals surface area contributed by atoms with Crippen LogP contribution in [0.15, 0.2) is 55.1 Å². The van der Waals surface area contributed by atoms with Crippen LogP contribution in [0.2, 0.25) is 0 Å². The second kappa shape index (κ2) is 9.25. The Hall–Kier alpha value is -3.28. The molecule has 1 aliphatic carbocycles. The van der Waals surface area contributed by atoms with Crippen LogP contribution in [0.3, 0.4) is 0 Å². The number of ether oxygens (including phenoxy) is 2. The minimum absolute atomic E-state index is 0.117. The van der Waals surface area contributed by atoms with Crippen molar-refractivity contribution in [3.63, 3.8) is 0 Å². The Kier molecular flexibility index (Phi) is 6.26. The van der Waals surface area contributed by atoms with Crippen LogP contribution >= 0.6 is 0 Å². The Bertz CT molecular complexity index is 1080. The number of rotatable bonds is 10. The topological polar surface area (TPSA) is 65.4 Å². The number of carbonyl (C=O) groups excluding carboxylic acids is 1. The molecule has 0 spiro atoms. The van der Waals surface area contributed by atoms with Crippen molar-refractivity contribution in [2.75, 3.05) is 13.7 Å². The van der Waals surface area contributed by atoms with E-state index in [1.807, 2.05) is 55.5 Å². The minimum Gasteiger partial charge on any atom is -0.493 e. The van der Waals surface area contributed by atoms with Crippen molar-refractivity contribution in [1.82, 2.24) is 14.9 Å². The summed E-state index contributed by atoms with van der Waals surface area (Å²) in [5, 5.41) is 3.11. The zero-order chi connectivity index (χ0) is 21.8. The third kappa shape index (κ3) is 4.74. The number of aromatic nitrogens is 2. The van der Waals surface area contributed by atoms with Crippen LogP contribution in [0, 0.1) is 5.92 Å². The molecule has 162 valence electrons. The highest BCUT2D eigenvalue weighted by molar-refractivity contribution is 5.81. The molecule has 1 amide bonds. The number of benzene rings is 2. The number of hydrogen-bond donors (Lipinski definition) is 1. The fourth-order valence-electron chi connectivity index (χ4n) is 3.77. The molecule has 1 heterocycles. The van der Waals surface area contributed by atoms with Gasteiger partial charge in [0, 0.05) is 5.92 Å². The van der Waals surface area contributed by atoms with Crippen LogP contribution < -0.4 is 14.8 Å². The third-order valence-electron chi connectivity index (χ3n) is 5.56. The smallest absolute Gasteiger partial charge is 0.223 e. The molecule has 4 rings (SSSR count). The maximum atomic E-state index is 12.3. The molecule has 0 aliphatic heterocycles. The quantitative estimate of drug-likeness (QED) is 0.494. The first-order chi connectivity index (χ1) is 15.1. The number of allylic oxidation sites excluding steroid dienone is 1. The molecule has 1 aromatic heterocycles. The lowest BCUT2D eigenvalue weighted by atomic mass is 10.1. The van der Waals surface area contributed by atoms with Gasteiger partial charge >= 0.3 is 0 Å². The predicted molar refractivity (Wildman–Crippen MR) is 121 cm³/mol. The lowest BCUT2D eigenvalue weighted by Crippen LogP contribution is -2.30. The SMILES string of the molecule is C=CCc1ccc(OCCn2c(C(C)NC(=O)C3CC3)nc3ccccc32)c(OC)c1. The Labute approximate surface area is 182 Å². The van der Waals surface area contributed by atoms with Gasteiger partial charge in [0.1, 0.15) is 12.4 Å². The molecule has 3 aromatic rings. The molecular weight excluding hydrogens is 390 g/mol. The van der Waals surface area contributed by atoms with Crippen LogP contribution in [0.4, 0.5) is 0 Å². The van der Waals surface area contributed by atoms with E-state index < -0.39 is 0 Å². The number of amides is 1. The van der Waals surface area contributed by atoms with Gasteiger partial charge in [0.15, 0.2) is 11.5 Å². The molecule has 0 saturated heterocycles. The normalized spacial score (nSPS) is 14.3. The zero-order valence-electron chi connectivity index (χ0n) is 18.1. The van der Waals surface area contributed by atoms with E-state index in [0.29, 0.717) is 24.7 Å². The van der Waals surface area contributed by atoms with E-state index in [-0.39, 0.29) is 17.9 Å². The molecular formula is C25H29N3O3. The summed E-state index contributed by atoms with van der Waals surface area (Å²) in [4.78, 5) is 17.1. The van der Waals surface area contributed by atoms with Crippen molar-refractivity contribution >= 4 is 16.9 Å². The predicted octanol–water partition coefficient (Wildman–Crippen LogP) is 4.44. The average molecular weight is 420 g/mol. The molecule has 6 heteroatoms. The average Bonchev–Trinajstić information content (AvgIpc) is 3.57. The van der Waals surface area contributed by atoms with E-state index in [0.717, 1.165) is 41.7 Å². The van der Waals surface area contributed by atoms with E-state index in [4.69, 9.17) is 14.5 Å². The van der Waals surface area contributed by atoms with E-state index in [9.17, 15) is 4.79 Å². The molecule has 6 nitrogen and oxygen atoms in total. The summed E-state index contributed by atoms with van der Waals surface area (Å²) in [6, 6.07) is 13.8. The van der Waals surface area contributed by atoms with Crippen LogP contribution in [0.5, 0.6) is 11.5 Å². The van der Waals surface area contributed by atoms with E-state index in [1.54, 1.807) is 7.11 Å². The zero-order valence-corrected chi connectivity index (χ0v) is 18.1. The van der Waals surface area contributed by atoms with Crippen molar-refractivity contribution in [2.24, 2.45) is 5.92 Å². The highest BCUT2D eigenvalue weighted by atomic mass is 16.5. The van der Waals surface area contributed by atoms with E-state index in [1.165, 1.54) is 0 Å². The number of nitrogens with zero attached hydrogens (tertiary/aromatic N) is 2. The third-order valence-corrected chi connectivity index (χ3v) is 5.56. The number of methoxy groups -OCH3 is 1. The fourth-order valence-corrected chi connectivity index (χ4v) is 3.77. The summed E-state index contributed by atoms with van der Waals surface area (Å²) < 4.78 is 13.7. The van der Waals surface area contributed by atoms with Crippen molar-refractivity contribution in [2.45, 2.75) is 38.8 Å². The molecule has 1 saturated carbocycles. The molecule has 1 fully saturated rings. The van der Waals surface area contributed by atoms with Crippen molar-refractivity contribution in [3.8, 4) is 11.5 Å². The second-order valence-electron chi connectivity index (χ2n) is 7.94. The Morgan fingerprint density at radius 3 is 2.84 bits per heavy atom. The van der Waals surface area contributed by atoms with Gasteiger partial charge in [-0.25, -0.2) is 4.98 Å². The maximum absolute atomic E-state index is 12.3. The minimum atomic E-state index is -0.173. The number of carbonyl (C=O) groups is 1. The fraction of sp³-hybridized carbons (Fsp3) is 0.360. The van der Waals surface area contributed by atoms with Crippen molar-refractivity contribution < 1.29 is 14.3 Å². The summed E-state index contributed by atoms with van der Waals surface area (Å²) in [7, 11) is 1.64. The molecule has 2 aromatic carbocycles. The first kappa shape index (κ1) is 21.0. The van der Waals surface area contributed by atoms with Crippen LogP contribution in [-0.2, 0) is 17.8 Å². The number of hydrogen-bond acceptors (Lipinski definition) is 4. The standard InChI is InChI=1S/C25H29N3O3/c1-4-7-18-10-13-22(23(16-18)30-3)31-15-14-28-21-9-6-5-8-20(21)27-24(28)17(2)26-25(29)19-11-12-19/h4-6,8-10,13,16-17,19H,1,7,11-12,14-15H2,2-3H3,(H,26,29). The highest BCUT2D eigenvalue weighted by Gasteiger charge is 2.31. The van der Waals surface area contributed by atoms with Gasteiger partial charge in [-0.15, -0.1) is 6.58 Å². The second-order valence-corrected chi connectivity index (χ2v) is 7.94. The summed E-state index contributed by atoms with van der Waals surface area (Å²) in [6.07, 6.45) is 4.61. The summed E-state index contributed by atoms with van der Waals surface area (Å²) >= 11 is 0. The Morgan fingerprint density at radius 2 is 2.10 bits per heavy atom. The molecule has 1 atom stereocenters. The number of fused-ring (bicyclic) bond motifs is 1. The molecule has 1 unspecified atom stereocenters. The Morgan fingerprint density at radius 1 is 1.29 bits per heavy atom. The number of imidazole rings is 1. The summed E-state index contributed by atoms with van der Waals surface area (Å²) in [6.45, 7) is 6.83. The Balaban J connectivity index is 1.51. The number of nitrogens with one attached hydrogen (secondary N) is 1. The van der Waals surface area contributed by atoms with Crippen LogP contribution in [0.1, 0.15) is 37.2 Å². The van der Waals surface area contributed by atoms with Gasteiger partial charge in [0.2, 0.25) is 5.91 Å². The van der Waals surface area contributed by atoms with E-state index in [2.05, 4.69) is 16.5 Å². The van der Waals surface area contributed by atoms with Gasteiger partial charge in [0.05, 0.1) is 30.7 Å². The summed E-state index contributed by atoms with van der Waals surface area (Å²) in [5.41, 5.74) is 3.07. The van der Waals surface area contributed by atoms with Gasteiger partial charge in [-0.2, -0.15) is 0 Å². The highest BCUT2D eigenvalue weighted by Crippen LogP contribution is 2.31. The molecule has 1 aliphatic rings. The number of para-hydroxylation sites is 2. The molecule has 31 heavy (non-hydrogen) atoms. The summed E-state index contributed by atoms with van der Waals surface area (Å²) in [5.74, 6) is 2.54. The first-order valence-corrected chi connectivity index (χ1v) is 10.8. The van der Waals surface area contributed by atoms with Crippen molar-refractivity contribution in [1.29, 1.82) is 0 Å². The van der Waals surface area contributed by atoms with Crippen LogP contribution in [0.25, 0.3) is 11.0 Å². The monoisotopic (exact) mass is 419 g/mol. The van der Waals surface area contributed by atoms with Gasteiger partial charge in [-0.05, 0) is 56.0 Å². The van der Waals surface area contributed by atoms with Crippen molar-refractivity contribution in [3.05, 3.63) is 66.5 Å². The maximum Gasteiger partial charge on any atom is 0.223 e. The lowest BCUT2D eigenvalue weighted by molar-refractivity contribution is -0.123. The van der Waals surface area contributed by atoms with E-state index >= 15 is 0 Å². The van der Waals surface area contributed by atoms with Gasteiger partial charge in [0.25, 0.3) is 0 Å².